The molecule has 4 aromatic rings. The lowest BCUT2D eigenvalue weighted by molar-refractivity contribution is 0.0698. The molecule has 2 N–H and O–H groups in total. The zero-order valence-corrected chi connectivity index (χ0v) is 13.8. The SMILES string of the molecule is O=C(O)c1cc2ccccc2cc1-c1nc2cc(F)c(Cl)cc2c(=O)[nH]1. The molecule has 5 nitrogen and oxygen atoms in total. The highest BCUT2D eigenvalue weighted by molar-refractivity contribution is 6.31. The van der Waals surface area contributed by atoms with Crippen LogP contribution in [-0.4, -0.2) is 21.0 Å². The van der Waals surface area contributed by atoms with Gasteiger partial charge in [0.2, 0.25) is 0 Å². The number of rotatable bonds is 2. The van der Waals surface area contributed by atoms with Crippen molar-refractivity contribution >= 4 is 39.2 Å². The van der Waals surface area contributed by atoms with Crippen LogP contribution in [0, 0.1) is 5.82 Å². The van der Waals surface area contributed by atoms with Gasteiger partial charge in [-0.25, -0.2) is 14.2 Å². The highest BCUT2D eigenvalue weighted by Gasteiger charge is 2.17. The van der Waals surface area contributed by atoms with Crippen molar-refractivity contribution in [2.24, 2.45) is 0 Å². The molecule has 0 aliphatic carbocycles. The number of hydrogen-bond acceptors (Lipinski definition) is 3. The third-order valence-corrected chi connectivity index (χ3v) is 4.41. The molecule has 4 rings (SSSR count). The Morgan fingerprint density at radius 1 is 1.12 bits per heavy atom. The fraction of sp³-hybridized carbons (Fsp3) is 0. The number of fused-ring (bicyclic) bond motifs is 2. The Hall–Kier alpha value is -3.25. The molecule has 0 saturated heterocycles. The number of carboxylic acid groups (broad SMARTS) is 1. The Balaban J connectivity index is 2.06. The van der Waals surface area contributed by atoms with Crippen LogP contribution in [0.15, 0.2) is 53.3 Å². The van der Waals surface area contributed by atoms with Crippen LogP contribution in [0.5, 0.6) is 0 Å². The molecule has 0 amide bonds. The summed E-state index contributed by atoms with van der Waals surface area (Å²) < 4.78 is 13.8. The number of hydrogen-bond donors (Lipinski definition) is 2. The van der Waals surface area contributed by atoms with E-state index in [2.05, 4.69) is 9.97 Å². The van der Waals surface area contributed by atoms with Crippen molar-refractivity contribution in [2.75, 3.05) is 0 Å². The molecule has 0 aliphatic heterocycles. The molecule has 128 valence electrons. The van der Waals surface area contributed by atoms with Gasteiger partial charge in [-0.15, -0.1) is 0 Å². The molecule has 0 radical (unpaired) electrons. The number of nitrogens with zero attached hydrogens (tertiary/aromatic N) is 1. The van der Waals surface area contributed by atoms with E-state index in [-0.39, 0.29) is 32.9 Å². The van der Waals surface area contributed by atoms with Gasteiger partial charge in [-0.2, -0.15) is 0 Å². The maximum Gasteiger partial charge on any atom is 0.336 e. The molecule has 0 unspecified atom stereocenters. The predicted octanol–water partition coefficient (Wildman–Crippen LogP) is 4.23. The summed E-state index contributed by atoms with van der Waals surface area (Å²) >= 11 is 5.72. The van der Waals surface area contributed by atoms with E-state index in [9.17, 15) is 19.1 Å². The zero-order chi connectivity index (χ0) is 18.4. The second-order valence-corrected chi connectivity index (χ2v) is 6.16. The zero-order valence-electron chi connectivity index (χ0n) is 13.1. The number of aromatic carboxylic acids is 1. The van der Waals surface area contributed by atoms with Crippen molar-refractivity contribution in [3.8, 4) is 11.4 Å². The van der Waals surface area contributed by atoms with Gasteiger partial charge in [0.15, 0.2) is 0 Å². The van der Waals surface area contributed by atoms with Gasteiger partial charge in [-0.1, -0.05) is 35.9 Å². The van der Waals surface area contributed by atoms with Gasteiger partial charge in [-0.3, -0.25) is 4.79 Å². The fourth-order valence-corrected chi connectivity index (χ4v) is 3.04. The van der Waals surface area contributed by atoms with Crippen LogP contribution in [0.1, 0.15) is 10.4 Å². The van der Waals surface area contributed by atoms with E-state index in [1.807, 2.05) is 12.1 Å². The molecule has 1 heterocycles. The van der Waals surface area contributed by atoms with Crippen LogP contribution in [0.3, 0.4) is 0 Å². The smallest absolute Gasteiger partial charge is 0.336 e. The molecule has 0 saturated carbocycles. The van der Waals surface area contributed by atoms with Crippen molar-refractivity contribution in [3.05, 3.63) is 75.3 Å². The predicted molar refractivity (Wildman–Crippen MR) is 97.2 cm³/mol. The minimum absolute atomic E-state index is 0.0133. The molecule has 0 bridgehead atoms. The van der Waals surface area contributed by atoms with E-state index in [1.165, 1.54) is 12.1 Å². The quantitative estimate of drug-likeness (QED) is 0.554. The first kappa shape index (κ1) is 16.2. The summed E-state index contributed by atoms with van der Waals surface area (Å²) in [6.07, 6.45) is 0. The van der Waals surface area contributed by atoms with Gasteiger partial charge >= 0.3 is 5.97 Å². The van der Waals surface area contributed by atoms with E-state index in [0.29, 0.717) is 0 Å². The minimum Gasteiger partial charge on any atom is -0.478 e. The summed E-state index contributed by atoms with van der Waals surface area (Å²) in [4.78, 5) is 30.8. The molecule has 26 heavy (non-hydrogen) atoms. The number of H-pyrrole nitrogens is 1. The van der Waals surface area contributed by atoms with Crippen LogP contribution >= 0.6 is 11.6 Å². The summed E-state index contributed by atoms with van der Waals surface area (Å²) in [6, 6.07) is 12.6. The molecular formula is C19H10ClFN2O3. The summed E-state index contributed by atoms with van der Waals surface area (Å²) in [5, 5.41) is 11.0. The standard InChI is InChI=1S/C19H10ClFN2O3/c20-14-7-13-16(8-15(14)21)22-17(23-18(13)24)11-5-9-3-1-2-4-10(9)6-12(11)19(25)26/h1-8H,(H,25,26)(H,22,23,24). The van der Waals surface area contributed by atoms with Crippen molar-refractivity contribution < 1.29 is 14.3 Å². The van der Waals surface area contributed by atoms with Crippen LogP contribution in [0.2, 0.25) is 5.02 Å². The Morgan fingerprint density at radius 3 is 2.50 bits per heavy atom. The number of aromatic nitrogens is 2. The molecule has 0 fully saturated rings. The Morgan fingerprint density at radius 2 is 1.81 bits per heavy atom. The average molecular weight is 369 g/mol. The summed E-state index contributed by atoms with van der Waals surface area (Å²) in [5.74, 6) is -1.82. The highest BCUT2D eigenvalue weighted by Crippen LogP contribution is 2.28. The first-order valence-electron chi connectivity index (χ1n) is 7.59. The van der Waals surface area contributed by atoms with Gasteiger partial charge in [0.05, 0.1) is 21.5 Å². The third-order valence-electron chi connectivity index (χ3n) is 4.12. The highest BCUT2D eigenvalue weighted by atomic mass is 35.5. The third kappa shape index (κ3) is 2.60. The van der Waals surface area contributed by atoms with Gasteiger partial charge in [-0.05, 0) is 29.0 Å². The first-order chi connectivity index (χ1) is 12.4. The summed E-state index contributed by atoms with van der Waals surface area (Å²) in [6.45, 7) is 0. The van der Waals surface area contributed by atoms with Crippen molar-refractivity contribution in [3.63, 3.8) is 0 Å². The van der Waals surface area contributed by atoms with E-state index in [1.54, 1.807) is 18.2 Å². The molecule has 0 atom stereocenters. The van der Waals surface area contributed by atoms with Gasteiger partial charge in [0.1, 0.15) is 11.6 Å². The maximum absolute atomic E-state index is 13.8. The summed E-state index contributed by atoms with van der Waals surface area (Å²) in [7, 11) is 0. The van der Waals surface area contributed by atoms with Crippen LogP contribution < -0.4 is 5.56 Å². The maximum atomic E-state index is 13.8. The van der Waals surface area contributed by atoms with E-state index in [4.69, 9.17) is 11.6 Å². The Bertz CT molecular complexity index is 1270. The summed E-state index contributed by atoms with van der Waals surface area (Å²) in [5.41, 5.74) is -0.210. The molecule has 0 spiro atoms. The minimum atomic E-state index is -1.16. The molecule has 3 aromatic carbocycles. The molecular weight excluding hydrogens is 359 g/mol. The molecule has 1 aromatic heterocycles. The number of nitrogens with one attached hydrogen (secondary N) is 1. The molecule has 7 heteroatoms. The van der Waals surface area contributed by atoms with E-state index >= 15 is 0 Å². The number of carbonyl (C=O) groups is 1. The van der Waals surface area contributed by atoms with Crippen molar-refractivity contribution in [1.29, 1.82) is 0 Å². The second kappa shape index (κ2) is 5.93. The van der Waals surface area contributed by atoms with Crippen molar-refractivity contribution in [2.45, 2.75) is 0 Å². The van der Waals surface area contributed by atoms with E-state index in [0.717, 1.165) is 16.8 Å². The first-order valence-corrected chi connectivity index (χ1v) is 7.97. The van der Waals surface area contributed by atoms with Gasteiger partial charge < -0.3 is 10.1 Å². The number of carboxylic acids is 1. The fourth-order valence-electron chi connectivity index (χ4n) is 2.87. The Labute approximate surface area is 150 Å². The number of benzene rings is 3. The largest absolute Gasteiger partial charge is 0.478 e. The monoisotopic (exact) mass is 368 g/mol. The van der Waals surface area contributed by atoms with Crippen LogP contribution in [0.4, 0.5) is 4.39 Å². The van der Waals surface area contributed by atoms with Crippen molar-refractivity contribution in [1.82, 2.24) is 9.97 Å². The lowest BCUT2D eigenvalue weighted by atomic mass is 10.00. The van der Waals surface area contributed by atoms with Crippen LogP contribution in [0.25, 0.3) is 33.1 Å². The van der Waals surface area contributed by atoms with Gasteiger partial charge in [0, 0.05) is 11.6 Å². The van der Waals surface area contributed by atoms with Gasteiger partial charge in [0.25, 0.3) is 5.56 Å². The Kier molecular flexibility index (Phi) is 3.70. The van der Waals surface area contributed by atoms with Crippen LogP contribution in [-0.2, 0) is 0 Å². The normalized spacial score (nSPS) is 11.2. The lowest BCUT2D eigenvalue weighted by Gasteiger charge is -2.09. The number of halogens is 2. The number of aromatic amines is 1. The topological polar surface area (TPSA) is 83.0 Å². The second-order valence-electron chi connectivity index (χ2n) is 5.75. The van der Waals surface area contributed by atoms with E-state index < -0.39 is 17.3 Å². The molecule has 0 aliphatic rings. The lowest BCUT2D eigenvalue weighted by Crippen LogP contribution is -2.11. The average Bonchev–Trinajstić information content (AvgIpc) is 2.62.